The molecule has 1 N–H and O–H groups in total. The molecule has 1 saturated heterocycles. The largest absolute Gasteiger partial charge is 0.325 e. The number of imide groups is 1. The molecule has 1 fully saturated rings. The van der Waals surface area contributed by atoms with Crippen LogP contribution in [0.1, 0.15) is 24.5 Å². The Bertz CT molecular complexity index is 748. The van der Waals surface area contributed by atoms with Gasteiger partial charge in [-0.1, -0.05) is 67.1 Å². The second-order valence-electron chi connectivity index (χ2n) is 5.54. The second kappa shape index (κ2) is 6.05. The minimum Gasteiger partial charge on any atom is -0.319 e. The number of benzene rings is 2. The van der Waals surface area contributed by atoms with E-state index in [1.165, 1.54) is 4.90 Å². The van der Waals surface area contributed by atoms with E-state index in [-0.39, 0.29) is 18.5 Å². The third-order valence-electron chi connectivity index (χ3n) is 4.26. The number of halogens is 1. The molecule has 0 aliphatic carbocycles. The van der Waals surface area contributed by atoms with Crippen LogP contribution in [-0.4, -0.2) is 16.8 Å². The van der Waals surface area contributed by atoms with Gasteiger partial charge in [-0.15, -0.1) is 0 Å². The van der Waals surface area contributed by atoms with E-state index in [0.29, 0.717) is 11.4 Å². The molecule has 2 aromatic carbocycles. The number of rotatable bonds is 4. The molecule has 5 heteroatoms. The van der Waals surface area contributed by atoms with Crippen LogP contribution in [0.4, 0.5) is 4.79 Å². The normalized spacial score (nSPS) is 20.7. The van der Waals surface area contributed by atoms with Crippen molar-refractivity contribution in [3.05, 3.63) is 70.7 Å². The molecule has 2 aromatic rings. The van der Waals surface area contributed by atoms with Crippen LogP contribution in [0.3, 0.4) is 0 Å². The van der Waals surface area contributed by atoms with Crippen molar-refractivity contribution < 1.29 is 9.59 Å². The van der Waals surface area contributed by atoms with Crippen LogP contribution in [0.15, 0.2) is 54.6 Å². The fourth-order valence-electron chi connectivity index (χ4n) is 2.93. The summed E-state index contributed by atoms with van der Waals surface area (Å²) >= 11 is 6.15. The Hall–Kier alpha value is -2.33. The number of amides is 3. The maximum Gasteiger partial charge on any atom is 0.325 e. The van der Waals surface area contributed by atoms with Gasteiger partial charge in [0, 0.05) is 5.02 Å². The highest BCUT2D eigenvalue weighted by Gasteiger charge is 2.51. The first kappa shape index (κ1) is 15.6. The van der Waals surface area contributed by atoms with Crippen molar-refractivity contribution in [2.45, 2.75) is 25.4 Å². The standard InChI is InChI=1S/C18H17ClN2O2/c1-2-18(14-9-4-3-5-10-14)16(22)21(17(23)20-18)12-13-8-6-7-11-15(13)19/h3-11H,2,12H2,1H3,(H,20,23)/t18-/m1/s1. The molecule has 0 unspecified atom stereocenters. The molecule has 0 radical (unpaired) electrons. The van der Waals surface area contributed by atoms with Crippen LogP contribution in [-0.2, 0) is 16.9 Å². The lowest BCUT2D eigenvalue weighted by Gasteiger charge is -2.25. The van der Waals surface area contributed by atoms with Crippen LogP contribution in [0.25, 0.3) is 0 Å². The van der Waals surface area contributed by atoms with Gasteiger partial charge in [0.2, 0.25) is 0 Å². The molecule has 3 rings (SSSR count). The molecular formula is C18H17ClN2O2. The number of carbonyl (C=O) groups excluding carboxylic acids is 2. The zero-order valence-electron chi connectivity index (χ0n) is 12.8. The molecule has 1 aliphatic rings. The molecule has 118 valence electrons. The maximum atomic E-state index is 13.0. The fraction of sp³-hybridized carbons (Fsp3) is 0.222. The maximum absolute atomic E-state index is 13.0. The van der Waals surface area contributed by atoms with Crippen molar-refractivity contribution in [3.8, 4) is 0 Å². The lowest BCUT2D eigenvalue weighted by atomic mass is 9.87. The number of urea groups is 1. The summed E-state index contributed by atoms with van der Waals surface area (Å²) in [6.07, 6.45) is 0.487. The van der Waals surface area contributed by atoms with E-state index in [4.69, 9.17) is 11.6 Å². The Labute approximate surface area is 140 Å². The van der Waals surface area contributed by atoms with Crippen LogP contribution in [0.5, 0.6) is 0 Å². The van der Waals surface area contributed by atoms with Crippen molar-refractivity contribution in [1.82, 2.24) is 10.2 Å². The summed E-state index contributed by atoms with van der Waals surface area (Å²) in [7, 11) is 0. The molecule has 1 atom stereocenters. The molecule has 0 spiro atoms. The molecular weight excluding hydrogens is 312 g/mol. The topological polar surface area (TPSA) is 49.4 Å². The van der Waals surface area contributed by atoms with Gasteiger partial charge in [-0.3, -0.25) is 9.69 Å². The summed E-state index contributed by atoms with van der Waals surface area (Å²) in [5, 5.41) is 3.41. The summed E-state index contributed by atoms with van der Waals surface area (Å²) in [5.41, 5.74) is 0.541. The zero-order valence-corrected chi connectivity index (χ0v) is 13.5. The zero-order chi connectivity index (χ0) is 16.4. The van der Waals surface area contributed by atoms with E-state index in [9.17, 15) is 9.59 Å². The fourth-order valence-corrected chi connectivity index (χ4v) is 3.12. The highest BCUT2D eigenvalue weighted by molar-refractivity contribution is 6.31. The van der Waals surface area contributed by atoms with Gasteiger partial charge in [-0.25, -0.2) is 4.79 Å². The monoisotopic (exact) mass is 328 g/mol. The van der Waals surface area contributed by atoms with E-state index in [1.54, 1.807) is 6.07 Å². The van der Waals surface area contributed by atoms with E-state index in [2.05, 4.69) is 5.32 Å². The lowest BCUT2D eigenvalue weighted by molar-refractivity contribution is -0.132. The SMILES string of the molecule is CC[C@]1(c2ccccc2)NC(=O)N(Cc2ccccc2Cl)C1=O. The highest BCUT2D eigenvalue weighted by atomic mass is 35.5. The number of nitrogens with one attached hydrogen (secondary N) is 1. The van der Waals surface area contributed by atoms with Crippen molar-refractivity contribution in [2.75, 3.05) is 0 Å². The number of hydrogen-bond donors (Lipinski definition) is 1. The van der Waals surface area contributed by atoms with Gasteiger partial charge >= 0.3 is 6.03 Å². The smallest absolute Gasteiger partial charge is 0.319 e. The Morgan fingerprint density at radius 3 is 2.35 bits per heavy atom. The minimum atomic E-state index is -1.00. The Balaban J connectivity index is 1.95. The average Bonchev–Trinajstić information content (AvgIpc) is 2.82. The highest BCUT2D eigenvalue weighted by Crippen LogP contribution is 2.33. The van der Waals surface area contributed by atoms with Gasteiger partial charge < -0.3 is 5.32 Å². The molecule has 0 bridgehead atoms. The quantitative estimate of drug-likeness (QED) is 0.870. The van der Waals surface area contributed by atoms with E-state index in [1.807, 2.05) is 55.5 Å². The van der Waals surface area contributed by atoms with Crippen molar-refractivity contribution in [3.63, 3.8) is 0 Å². The van der Waals surface area contributed by atoms with Crippen LogP contribution in [0.2, 0.25) is 5.02 Å². The van der Waals surface area contributed by atoms with E-state index in [0.717, 1.165) is 11.1 Å². The third kappa shape index (κ3) is 2.59. The predicted molar refractivity (Wildman–Crippen MR) is 88.9 cm³/mol. The number of nitrogens with zero attached hydrogens (tertiary/aromatic N) is 1. The Morgan fingerprint density at radius 1 is 1.04 bits per heavy atom. The van der Waals surface area contributed by atoms with Gasteiger partial charge in [0.1, 0.15) is 5.54 Å². The first-order valence-corrected chi connectivity index (χ1v) is 7.89. The Kier molecular flexibility index (Phi) is 4.09. The molecule has 4 nitrogen and oxygen atoms in total. The Morgan fingerprint density at radius 2 is 1.70 bits per heavy atom. The summed E-state index contributed by atoms with van der Waals surface area (Å²) in [6, 6.07) is 16.2. The summed E-state index contributed by atoms with van der Waals surface area (Å²) < 4.78 is 0. The van der Waals surface area contributed by atoms with Gasteiger partial charge in [0.25, 0.3) is 5.91 Å². The molecule has 0 saturated carbocycles. The van der Waals surface area contributed by atoms with E-state index >= 15 is 0 Å². The summed E-state index contributed by atoms with van der Waals surface area (Å²) in [5.74, 6) is -0.240. The van der Waals surface area contributed by atoms with Crippen molar-refractivity contribution in [2.24, 2.45) is 0 Å². The predicted octanol–water partition coefficient (Wildman–Crippen LogP) is 3.70. The van der Waals surface area contributed by atoms with Gasteiger partial charge in [-0.2, -0.15) is 0 Å². The van der Waals surface area contributed by atoms with Crippen molar-refractivity contribution in [1.29, 1.82) is 0 Å². The van der Waals surface area contributed by atoms with Crippen LogP contribution < -0.4 is 5.32 Å². The van der Waals surface area contributed by atoms with Crippen LogP contribution >= 0.6 is 11.6 Å². The van der Waals surface area contributed by atoms with Gasteiger partial charge in [-0.05, 0) is 23.6 Å². The average molecular weight is 329 g/mol. The molecule has 3 amide bonds. The second-order valence-corrected chi connectivity index (χ2v) is 5.94. The summed E-state index contributed by atoms with van der Waals surface area (Å²) in [4.78, 5) is 26.6. The minimum absolute atomic E-state index is 0.166. The van der Waals surface area contributed by atoms with Crippen molar-refractivity contribution >= 4 is 23.5 Å². The molecule has 1 aliphatic heterocycles. The van der Waals surface area contributed by atoms with E-state index < -0.39 is 5.54 Å². The first-order chi connectivity index (χ1) is 11.1. The number of carbonyl (C=O) groups is 2. The third-order valence-corrected chi connectivity index (χ3v) is 4.63. The molecule has 1 heterocycles. The lowest BCUT2D eigenvalue weighted by Crippen LogP contribution is -2.43. The molecule has 0 aromatic heterocycles. The molecule has 23 heavy (non-hydrogen) atoms. The van der Waals surface area contributed by atoms with Crippen LogP contribution in [0, 0.1) is 0 Å². The van der Waals surface area contributed by atoms with Gasteiger partial charge in [0.05, 0.1) is 6.54 Å². The number of hydrogen-bond acceptors (Lipinski definition) is 2. The van der Waals surface area contributed by atoms with Gasteiger partial charge in [0.15, 0.2) is 0 Å². The summed E-state index contributed by atoms with van der Waals surface area (Å²) in [6.45, 7) is 2.06. The first-order valence-electron chi connectivity index (χ1n) is 7.51.